The molecule has 0 unspecified atom stereocenters. The van der Waals surface area contributed by atoms with Crippen molar-refractivity contribution in [3.05, 3.63) is 23.5 Å². The Morgan fingerprint density at radius 3 is 2.43 bits per heavy atom. The van der Waals surface area contributed by atoms with Gasteiger partial charge in [-0.2, -0.15) is 0 Å². The number of carbonyl (C=O) groups excluding carboxylic acids is 1. The Morgan fingerprint density at radius 2 is 2.00 bits per heavy atom. The van der Waals surface area contributed by atoms with Crippen LogP contribution in [-0.4, -0.2) is 46.4 Å². The topological polar surface area (TPSA) is 63.7 Å². The maximum Gasteiger partial charge on any atom is 0.265 e. The molecule has 0 bridgehead atoms. The molecule has 0 aliphatic carbocycles. The molecule has 0 N–H and O–H groups in total. The maximum atomic E-state index is 13.8. The second-order valence-corrected chi connectivity index (χ2v) is 6.54. The van der Waals surface area contributed by atoms with Crippen molar-refractivity contribution in [1.29, 1.82) is 0 Å². The van der Waals surface area contributed by atoms with Crippen molar-refractivity contribution < 1.29 is 31.1 Å². The van der Waals surface area contributed by atoms with E-state index in [0.717, 1.165) is 20.2 Å². The Labute approximate surface area is 123 Å². The summed E-state index contributed by atoms with van der Waals surface area (Å²) in [4.78, 5) is 11.7. The van der Waals surface area contributed by atoms with Crippen molar-refractivity contribution in [2.45, 2.75) is 11.3 Å². The Morgan fingerprint density at radius 1 is 1.43 bits per heavy atom. The molecular formula is C11H11ClF3NO4S. The Hall–Kier alpha value is -1.48. The first-order valence-electron chi connectivity index (χ1n) is 5.43. The van der Waals surface area contributed by atoms with E-state index in [1.165, 1.54) is 0 Å². The molecule has 0 radical (unpaired) electrons. The van der Waals surface area contributed by atoms with E-state index in [0.29, 0.717) is 11.0 Å². The quantitative estimate of drug-likeness (QED) is 0.767. The minimum atomic E-state index is -4.38. The molecule has 1 amide bonds. The highest BCUT2D eigenvalue weighted by atomic mass is 35.7. The number of alkyl halides is 2. The third-order valence-corrected chi connectivity index (χ3v) is 3.81. The molecule has 118 valence electrons. The summed E-state index contributed by atoms with van der Waals surface area (Å²) in [6.45, 7) is -0.880. The predicted octanol–water partition coefficient (Wildman–Crippen LogP) is 2.10. The molecule has 21 heavy (non-hydrogen) atoms. The SMILES string of the molecule is COc1c(F)cc(C(=O)N(C)CC(F)F)cc1S(=O)(=O)Cl. The summed E-state index contributed by atoms with van der Waals surface area (Å²) < 4.78 is 65.5. The summed E-state index contributed by atoms with van der Waals surface area (Å²) in [5.41, 5.74) is -0.435. The van der Waals surface area contributed by atoms with Crippen molar-refractivity contribution in [2.24, 2.45) is 0 Å². The summed E-state index contributed by atoms with van der Waals surface area (Å²) in [6.07, 6.45) is -2.78. The van der Waals surface area contributed by atoms with Crippen LogP contribution in [0.1, 0.15) is 10.4 Å². The van der Waals surface area contributed by atoms with Crippen LogP contribution < -0.4 is 4.74 Å². The van der Waals surface area contributed by atoms with Gasteiger partial charge in [0.05, 0.1) is 13.7 Å². The number of halogens is 4. The van der Waals surface area contributed by atoms with Crippen molar-refractivity contribution in [3.8, 4) is 5.75 Å². The zero-order chi connectivity index (χ0) is 16.4. The second kappa shape index (κ2) is 6.52. The van der Waals surface area contributed by atoms with Gasteiger partial charge < -0.3 is 9.64 Å². The second-order valence-electron chi connectivity index (χ2n) is 4.00. The van der Waals surface area contributed by atoms with E-state index in [9.17, 15) is 26.4 Å². The van der Waals surface area contributed by atoms with Gasteiger partial charge in [0.1, 0.15) is 4.90 Å². The predicted molar refractivity (Wildman–Crippen MR) is 69.0 cm³/mol. The fraction of sp³-hybridized carbons (Fsp3) is 0.364. The number of hydrogen-bond acceptors (Lipinski definition) is 4. The van der Waals surface area contributed by atoms with Crippen molar-refractivity contribution >= 4 is 25.6 Å². The normalized spacial score (nSPS) is 11.6. The standard InChI is InChI=1S/C11H11ClF3NO4S/c1-16(5-9(14)15)11(17)6-3-7(13)10(20-2)8(4-6)21(12,18)19/h3-4,9H,5H2,1-2H3. The number of amides is 1. The van der Waals surface area contributed by atoms with Crippen LogP contribution in [0.5, 0.6) is 5.75 Å². The molecule has 1 aromatic rings. The van der Waals surface area contributed by atoms with Crippen molar-refractivity contribution in [3.63, 3.8) is 0 Å². The Balaban J connectivity index is 3.34. The Kier molecular flexibility index (Phi) is 5.46. The van der Waals surface area contributed by atoms with E-state index in [4.69, 9.17) is 10.7 Å². The van der Waals surface area contributed by atoms with Gasteiger partial charge in [-0.25, -0.2) is 21.6 Å². The number of ether oxygens (including phenoxy) is 1. The molecule has 0 saturated carbocycles. The summed E-state index contributed by atoms with van der Waals surface area (Å²) >= 11 is 0. The molecule has 0 aliphatic rings. The number of methoxy groups -OCH3 is 1. The van der Waals surface area contributed by atoms with E-state index in [2.05, 4.69) is 4.74 Å². The van der Waals surface area contributed by atoms with E-state index >= 15 is 0 Å². The lowest BCUT2D eigenvalue weighted by atomic mass is 10.2. The highest BCUT2D eigenvalue weighted by Crippen LogP contribution is 2.31. The molecule has 0 heterocycles. The number of hydrogen-bond donors (Lipinski definition) is 0. The molecule has 0 aromatic heterocycles. The van der Waals surface area contributed by atoms with Crippen LogP contribution in [0.2, 0.25) is 0 Å². The molecule has 1 rings (SSSR count). The first-order chi connectivity index (χ1) is 9.57. The number of benzene rings is 1. The fourth-order valence-electron chi connectivity index (χ4n) is 1.58. The molecule has 0 fully saturated rings. The van der Waals surface area contributed by atoms with Crippen LogP contribution in [0, 0.1) is 5.82 Å². The van der Waals surface area contributed by atoms with Gasteiger partial charge in [0.2, 0.25) is 0 Å². The first-order valence-corrected chi connectivity index (χ1v) is 7.74. The molecule has 0 aliphatic heterocycles. The summed E-state index contributed by atoms with van der Waals surface area (Å²) in [5.74, 6) is -2.77. The number of nitrogens with zero attached hydrogens (tertiary/aromatic N) is 1. The average molecular weight is 346 g/mol. The number of rotatable bonds is 5. The molecule has 1 aromatic carbocycles. The molecule has 5 nitrogen and oxygen atoms in total. The monoisotopic (exact) mass is 345 g/mol. The zero-order valence-electron chi connectivity index (χ0n) is 10.9. The minimum Gasteiger partial charge on any atom is -0.492 e. The lowest BCUT2D eigenvalue weighted by molar-refractivity contribution is 0.0619. The Bertz CT molecular complexity index is 651. The van der Waals surface area contributed by atoms with Crippen LogP contribution in [0.15, 0.2) is 17.0 Å². The summed E-state index contributed by atoms with van der Waals surface area (Å²) in [5, 5.41) is 0. The van der Waals surface area contributed by atoms with Gasteiger partial charge in [-0.1, -0.05) is 0 Å². The van der Waals surface area contributed by atoms with Crippen LogP contribution in [0.4, 0.5) is 13.2 Å². The summed E-state index contributed by atoms with van der Waals surface area (Å²) in [6, 6.07) is 1.46. The third-order valence-electron chi connectivity index (χ3n) is 2.48. The van der Waals surface area contributed by atoms with Gasteiger partial charge in [-0.3, -0.25) is 4.79 Å². The van der Waals surface area contributed by atoms with Gasteiger partial charge in [-0.05, 0) is 12.1 Å². The minimum absolute atomic E-state index is 0.435. The highest BCUT2D eigenvalue weighted by molar-refractivity contribution is 8.13. The lowest BCUT2D eigenvalue weighted by Gasteiger charge is -2.17. The largest absolute Gasteiger partial charge is 0.492 e. The summed E-state index contributed by atoms with van der Waals surface area (Å²) in [7, 11) is 2.85. The van der Waals surface area contributed by atoms with E-state index in [1.807, 2.05) is 0 Å². The molecule has 0 atom stereocenters. The van der Waals surface area contributed by atoms with Crippen molar-refractivity contribution in [2.75, 3.05) is 20.7 Å². The fourth-order valence-corrected chi connectivity index (χ4v) is 2.60. The van der Waals surface area contributed by atoms with E-state index in [1.54, 1.807) is 0 Å². The van der Waals surface area contributed by atoms with Gasteiger partial charge in [0, 0.05) is 23.3 Å². The van der Waals surface area contributed by atoms with Crippen LogP contribution in [0.3, 0.4) is 0 Å². The lowest BCUT2D eigenvalue weighted by Crippen LogP contribution is -2.31. The van der Waals surface area contributed by atoms with Gasteiger partial charge in [-0.15, -0.1) is 0 Å². The van der Waals surface area contributed by atoms with Crippen LogP contribution in [-0.2, 0) is 9.05 Å². The smallest absolute Gasteiger partial charge is 0.265 e. The van der Waals surface area contributed by atoms with E-state index in [-0.39, 0.29) is 0 Å². The zero-order valence-corrected chi connectivity index (χ0v) is 12.5. The maximum absolute atomic E-state index is 13.8. The van der Waals surface area contributed by atoms with Gasteiger partial charge in [0.25, 0.3) is 21.4 Å². The average Bonchev–Trinajstić information content (AvgIpc) is 2.34. The molecule has 0 spiro atoms. The molecular weight excluding hydrogens is 335 g/mol. The highest BCUT2D eigenvalue weighted by Gasteiger charge is 2.25. The third kappa shape index (κ3) is 4.24. The first kappa shape index (κ1) is 17.6. The molecule has 10 heteroatoms. The van der Waals surface area contributed by atoms with Gasteiger partial charge >= 0.3 is 0 Å². The van der Waals surface area contributed by atoms with Crippen LogP contribution >= 0.6 is 10.7 Å². The molecule has 0 saturated heterocycles. The van der Waals surface area contributed by atoms with Crippen LogP contribution in [0.25, 0.3) is 0 Å². The van der Waals surface area contributed by atoms with Crippen molar-refractivity contribution in [1.82, 2.24) is 4.90 Å². The number of carbonyl (C=O) groups is 1. The van der Waals surface area contributed by atoms with Gasteiger partial charge in [0.15, 0.2) is 11.6 Å². The van der Waals surface area contributed by atoms with E-state index < -0.39 is 50.0 Å².